The summed E-state index contributed by atoms with van der Waals surface area (Å²) in [5.74, 6) is 0.0101. The number of aromatic nitrogens is 3. The second kappa shape index (κ2) is 8.77. The van der Waals surface area contributed by atoms with Gasteiger partial charge in [-0.3, -0.25) is 9.48 Å². The number of hydrogen-bond acceptors (Lipinski definition) is 5. The molecule has 1 unspecified atom stereocenters. The van der Waals surface area contributed by atoms with E-state index in [0.29, 0.717) is 30.2 Å². The number of rotatable bonds is 7. The van der Waals surface area contributed by atoms with Gasteiger partial charge < -0.3 is 19.1 Å². The molecular formula is C25H29N3O5. The Labute approximate surface area is 192 Å². The first-order chi connectivity index (χ1) is 15.7. The smallest absolute Gasteiger partial charge is 0.341 e. The molecular weight excluding hydrogens is 422 g/mol. The Morgan fingerprint density at radius 1 is 1.24 bits per heavy atom. The molecule has 0 radical (unpaired) electrons. The van der Waals surface area contributed by atoms with Crippen LogP contribution in [0.1, 0.15) is 49.2 Å². The molecule has 0 spiro atoms. The average Bonchev–Trinajstić information content (AvgIpc) is 3.28. The largest absolute Gasteiger partial charge is 0.493 e. The van der Waals surface area contributed by atoms with Gasteiger partial charge in [0.25, 0.3) is 0 Å². The number of benzene rings is 1. The molecule has 3 heterocycles. The van der Waals surface area contributed by atoms with Crippen LogP contribution in [-0.4, -0.2) is 39.1 Å². The predicted octanol–water partition coefficient (Wildman–Crippen LogP) is 4.03. The van der Waals surface area contributed by atoms with Gasteiger partial charge in [-0.15, -0.1) is 0 Å². The molecule has 0 saturated carbocycles. The number of carboxylic acid groups (broad SMARTS) is 1. The summed E-state index contributed by atoms with van der Waals surface area (Å²) in [6.07, 6.45) is 6.62. The minimum atomic E-state index is -1.22. The van der Waals surface area contributed by atoms with Gasteiger partial charge in [-0.1, -0.05) is 20.8 Å². The van der Waals surface area contributed by atoms with E-state index in [1.165, 1.54) is 12.3 Å². The Balaban J connectivity index is 1.70. The van der Waals surface area contributed by atoms with Crippen molar-refractivity contribution in [2.45, 2.75) is 46.2 Å². The number of carboxylic acids is 1. The van der Waals surface area contributed by atoms with Crippen LogP contribution >= 0.6 is 0 Å². The topological polar surface area (TPSA) is 95.6 Å². The molecule has 33 heavy (non-hydrogen) atoms. The summed E-state index contributed by atoms with van der Waals surface area (Å²) in [5, 5.41) is 13.7. The number of hydrogen-bond donors (Lipinski definition) is 1. The lowest BCUT2D eigenvalue weighted by Crippen LogP contribution is -2.32. The molecule has 1 N–H and O–H groups in total. The van der Waals surface area contributed by atoms with Crippen LogP contribution in [0.15, 0.2) is 47.7 Å². The van der Waals surface area contributed by atoms with E-state index in [-0.39, 0.29) is 17.0 Å². The summed E-state index contributed by atoms with van der Waals surface area (Å²) in [5.41, 5.74) is 1.69. The number of methoxy groups -OCH3 is 1. The molecule has 1 aliphatic heterocycles. The van der Waals surface area contributed by atoms with Crippen molar-refractivity contribution < 1.29 is 19.4 Å². The molecule has 3 aromatic rings. The fourth-order valence-corrected chi connectivity index (χ4v) is 4.34. The van der Waals surface area contributed by atoms with Crippen molar-refractivity contribution in [3.05, 3.63) is 64.2 Å². The van der Waals surface area contributed by atoms with Gasteiger partial charge in [0.2, 0.25) is 0 Å². The zero-order chi connectivity index (χ0) is 23.8. The number of ether oxygens (including phenoxy) is 2. The fourth-order valence-electron chi connectivity index (χ4n) is 4.34. The molecule has 4 rings (SSSR count). The van der Waals surface area contributed by atoms with E-state index in [2.05, 4.69) is 25.9 Å². The minimum absolute atomic E-state index is 0.0280. The fraction of sp³-hybridized carbons (Fsp3) is 0.400. The van der Waals surface area contributed by atoms with Crippen molar-refractivity contribution in [3.8, 4) is 22.8 Å². The van der Waals surface area contributed by atoms with Crippen molar-refractivity contribution in [2.75, 3.05) is 13.7 Å². The Morgan fingerprint density at radius 3 is 2.67 bits per heavy atom. The van der Waals surface area contributed by atoms with Crippen molar-refractivity contribution >= 4 is 5.97 Å². The molecule has 1 atom stereocenters. The lowest BCUT2D eigenvalue weighted by atomic mass is 9.78. The van der Waals surface area contributed by atoms with Crippen LogP contribution in [0, 0.1) is 5.41 Å². The first kappa shape index (κ1) is 22.6. The van der Waals surface area contributed by atoms with Gasteiger partial charge in [0, 0.05) is 49.2 Å². The quantitative estimate of drug-likeness (QED) is 0.545. The van der Waals surface area contributed by atoms with Crippen LogP contribution in [0.4, 0.5) is 0 Å². The van der Waals surface area contributed by atoms with Crippen molar-refractivity contribution in [3.63, 3.8) is 0 Å². The number of aryl methyl sites for hydroxylation is 1. The molecule has 0 aliphatic carbocycles. The summed E-state index contributed by atoms with van der Waals surface area (Å²) in [6, 6.07) is 7.15. The second-order valence-electron chi connectivity index (χ2n) is 9.37. The van der Waals surface area contributed by atoms with Gasteiger partial charge in [0.05, 0.1) is 19.4 Å². The van der Waals surface area contributed by atoms with Crippen molar-refractivity contribution in [1.82, 2.24) is 14.3 Å². The third-order valence-electron chi connectivity index (χ3n) is 6.07. The molecule has 0 bridgehead atoms. The molecule has 1 aliphatic rings. The maximum atomic E-state index is 12.5. The standard InChI is InChI=1S/C25H29N3O5/c1-25(2,3)23-12-16-11-22(33-10-6-9-27-8-5-7-26-27)21(32-4)13-17(16)19-14-20(29)18(24(30)31)15-28(19)23/h5,7-8,11,13-15,23H,6,9-10,12H2,1-4H3,(H,30,31). The molecule has 8 nitrogen and oxygen atoms in total. The maximum Gasteiger partial charge on any atom is 0.341 e. The van der Waals surface area contributed by atoms with E-state index in [9.17, 15) is 14.7 Å². The number of aromatic carboxylic acids is 1. The van der Waals surface area contributed by atoms with E-state index in [0.717, 1.165) is 24.1 Å². The number of carbonyl (C=O) groups is 1. The van der Waals surface area contributed by atoms with E-state index in [1.807, 2.05) is 33.6 Å². The van der Waals surface area contributed by atoms with Gasteiger partial charge in [-0.25, -0.2) is 4.79 Å². The highest BCUT2D eigenvalue weighted by Crippen LogP contribution is 2.45. The molecule has 0 fully saturated rings. The zero-order valence-corrected chi connectivity index (χ0v) is 19.4. The van der Waals surface area contributed by atoms with Crippen LogP contribution in [-0.2, 0) is 13.0 Å². The maximum absolute atomic E-state index is 12.5. The normalized spacial score (nSPS) is 15.0. The lowest BCUT2D eigenvalue weighted by Gasteiger charge is -2.39. The van der Waals surface area contributed by atoms with E-state index >= 15 is 0 Å². The summed E-state index contributed by atoms with van der Waals surface area (Å²) in [4.78, 5) is 24.1. The molecule has 174 valence electrons. The average molecular weight is 452 g/mol. The highest BCUT2D eigenvalue weighted by Gasteiger charge is 2.34. The van der Waals surface area contributed by atoms with Crippen LogP contribution in [0.5, 0.6) is 11.5 Å². The summed E-state index contributed by atoms with van der Waals surface area (Å²) in [6.45, 7) is 7.61. The Hall–Kier alpha value is -3.55. The van der Waals surface area contributed by atoms with Gasteiger partial charge in [-0.05, 0) is 35.6 Å². The van der Waals surface area contributed by atoms with Crippen LogP contribution in [0.2, 0.25) is 0 Å². The summed E-state index contributed by atoms with van der Waals surface area (Å²) >= 11 is 0. The Morgan fingerprint density at radius 2 is 2.03 bits per heavy atom. The molecule has 1 aromatic carbocycles. The van der Waals surface area contributed by atoms with Crippen LogP contribution in [0.25, 0.3) is 11.3 Å². The SMILES string of the molecule is COc1cc2c(cc1OCCCn1cccn1)CC(C(C)(C)C)n1cc(C(=O)O)c(=O)cc1-2. The van der Waals surface area contributed by atoms with Crippen LogP contribution < -0.4 is 14.9 Å². The predicted molar refractivity (Wildman–Crippen MR) is 124 cm³/mol. The monoisotopic (exact) mass is 451 g/mol. The van der Waals surface area contributed by atoms with Crippen LogP contribution in [0.3, 0.4) is 0 Å². The van der Waals surface area contributed by atoms with Gasteiger partial charge in [0.1, 0.15) is 5.56 Å². The number of fused-ring (bicyclic) bond motifs is 3. The summed E-state index contributed by atoms with van der Waals surface area (Å²) in [7, 11) is 1.58. The Kier molecular flexibility index (Phi) is 6.01. The van der Waals surface area contributed by atoms with E-state index in [4.69, 9.17) is 9.47 Å². The molecule has 2 aromatic heterocycles. The Bertz CT molecular complexity index is 1220. The van der Waals surface area contributed by atoms with E-state index in [1.54, 1.807) is 13.3 Å². The van der Waals surface area contributed by atoms with Gasteiger partial charge >= 0.3 is 5.97 Å². The first-order valence-corrected chi connectivity index (χ1v) is 11.0. The third kappa shape index (κ3) is 4.51. The molecule has 0 saturated heterocycles. The van der Waals surface area contributed by atoms with E-state index < -0.39 is 11.4 Å². The zero-order valence-electron chi connectivity index (χ0n) is 19.4. The number of nitrogens with zero attached hydrogens (tertiary/aromatic N) is 3. The first-order valence-electron chi connectivity index (χ1n) is 11.0. The molecule has 8 heteroatoms. The van der Waals surface area contributed by atoms with Crippen molar-refractivity contribution in [1.29, 1.82) is 0 Å². The highest BCUT2D eigenvalue weighted by molar-refractivity contribution is 5.88. The number of pyridine rings is 1. The van der Waals surface area contributed by atoms with Crippen molar-refractivity contribution in [2.24, 2.45) is 5.41 Å². The third-order valence-corrected chi connectivity index (χ3v) is 6.07. The highest BCUT2D eigenvalue weighted by atomic mass is 16.5. The lowest BCUT2D eigenvalue weighted by molar-refractivity contribution is 0.0693. The minimum Gasteiger partial charge on any atom is -0.493 e. The summed E-state index contributed by atoms with van der Waals surface area (Å²) < 4.78 is 15.4. The molecule has 0 amide bonds. The van der Waals surface area contributed by atoms with Gasteiger partial charge in [0.15, 0.2) is 16.9 Å². The van der Waals surface area contributed by atoms with Gasteiger partial charge in [-0.2, -0.15) is 5.10 Å². The second-order valence-corrected chi connectivity index (χ2v) is 9.37.